The Hall–Kier alpha value is -0.610. The molecule has 1 aliphatic heterocycles. The van der Waals surface area contributed by atoms with E-state index >= 15 is 0 Å². The molecule has 0 saturated carbocycles. The van der Waals surface area contributed by atoms with Crippen molar-refractivity contribution in [2.24, 2.45) is 0 Å². The van der Waals surface area contributed by atoms with Crippen LogP contribution in [0, 0.1) is 0 Å². The van der Waals surface area contributed by atoms with Crippen molar-refractivity contribution in [3.05, 3.63) is 11.6 Å². The second-order valence-electron chi connectivity index (χ2n) is 3.64. The summed E-state index contributed by atoms with van der Waals surface area (Å²) in [5.74, 6) is 0. The van der Waals surface area contributed by atoms with Crippen LogP contribution in [0.3, 0.4) is 0 Å². The first kappa shape index (κ1) is 8.97. The van der Waals surface area contributed by atoms with E-state index in [-0.39, 0.29) is 0 Å². The fraction of sp³-hybridized carbons (Fsp3) is 0.667. The predicted octanol–water partition coefficient (Wildman–Crippen LogP) is 1.70. The van der Waals surface area contributed by atoms with E-state index in [1.807, 2.05) is 6.20 Å². The highest BCUT2D eigenvalue weighted by molar-refractivity contribution is 7.04. The van der Waals surface area contributed by atoms with Crippen LogP contribution in [0.25, 0.3) is 0 Å². The van der Waals surface area contributed by atoms with Crippen LogP contribution >= 0.6 is 11.5 Å². The SMILES string of the molecule is CC1CCC(Nc2cnsc2)CN1. The Labute approximate surface area is 82.7 Å². The summed E-state index contributed by atoms with van der Waals surface area (Å²) in [7, 11) is 0. The van der Waals surface area contributed by atoms with Gasteiger partial charge in [-0.1, -0.05) is 0 Å². The Kier molecular flexibility index (Phi) is 2.80. The van der Waals surface area contributed by atoms with Crippen molar-refractivity contribution in [2.45, 2.75) is 31.8 Å². The summed E-state index contributed by atoms with van der Waals surface area (Å²) < 4.78 is 4.06. The standard InChI is InChI=1S/C9H15N3S/c1-7-2-3-8(4-10-7)12-9-5-11-13-6-9/h5-8,10,12H,2-4H2,1H3. The van der Waals surface area contributed by atoms with Gasteiger partial charge in [0.15, 0.2) is 0 Å². The maximum atomic E-state index is 4.06. The summed E-state index contributed by atoms with van der Waals surface area (Å²) in [6, 6.07) is 1.26. The summed E-state index contributed by atoms with van der Waals surface area (Å²) in [5, 5.41) is 8.99. The van der Waals surface area contributed by atoms with E-state index in [9.17, 15) is 0 Å². The second-order valence-corrected chi connectivity index (χ2v) is 4.30. The van der Waals surface area contributed by atoms with Gasteiger partial charge in [-0.3, -0.25) is 0 Å². The molecule has 13 heavy (non-hydrogen) atoms. The lowest BCUT2D eigenvalue weighted by molar-refractivity contribution is 0.399. The van der Waals surface area contributed by atoms with Crippen LogP contribution in [-0.4, -0.2) is 23.0 Å². The van der Waals surface area contributed by atoms with Gasteiger partial charge < -0.3 is 10.6 Å². The topological polar surface area (TPSA) is 37.0 Å². The van der Waals surface area contributed by atoms with Gasteiger partial charge in [0.05, 0.1) is 11.9 Å². The van der Waals surface area contributed by atoms with E-state index in [4.69, 9.17) is 0 Å². The zero-order chi connectivity index (χ0) is 9.10. The summed E-state index contributed by atoms with van der Waals surface area (Å²) >= 11 is 1.50. The van der Waals surface area contributed by atoms with Gasteiger partial charge in [-0.25, -0.2) is 0 Å². The molecule has 0 amide bonds. The Bertz CT molecular complexity index is 239. The molecule has 0 aliphatic carbocycles. The van der Waals surface area contributed by atoms with Crippen LogP contribution in [-0.2, 0) is 0 Å². The maximum Gasteiger partial charge on any atom is 0.0655 e. The number of nitrogens with zero attached hydrogens (tertiary/aromatic N) is 1. The van der Waals surface area contributed by atoms with Crippen LogP contribution in [0.2, 0.25) is 0 Å². The molecule has 0 radical (unpaired) electrons. The van der Waals surface area contributed by atoms with Gasteiger partial charge in [-0.05, 0) is 31.3 Å². The van der Waals surface area contributed by atoms with Crippen molar-refractivity contribution in [2.75, 3.05) is 11.9 Å². The van der Waals surface area contributed by atoms with Crippen molar-refractivity contribution in [3.63, 3.8) is 0 Å². The van der Waals surface area contributed by atoms with E-state index in [0.29, 0.717) is 12.1 Å². The second kappa shape index (κ2) is 4.07. The van der Waals surface area contributed by atoms with Crippen LogP contribution in [0.1, 0.15) is 19.8 Å². The molecule has 2 atom stereocenters. The molecule has 2 rings (SSSR count). The van der Waals surface area contributed by atoms with Gasteiger partial charge >= 0.3 is 0 Å². The minimum Gasteiger partial charge on any atom is -0.379 e. The van der Waals surface area contributed by atoms with Crippen molar-refractivity contribution in [1.29, 1.82) is 0 Å². The number of hydrogen-bond acceptors (Lipinski definition) is 4. The van der Waals surface area contributed by atoms with Gasteiger partial charge in [0.25, 0.3) is 0 Å². The quantitative estimate of drug-likeness (QED) is 0.757. The number of piperidine rings is 1. The predicted molar refractivity (Wildman–Crippen MR) is 56.2 cm³/mol. The first-order chi connectivity index (χ1) is 6.34. The van der Waals surface area contributed by atoms with E-state index < -0.39 is 0 Å². The molecule has 1 aliphatic rings. The van der Waals surface area contributed by atoms with Gasteiger partial charge in [0.2, 0.25) is 0 Å². The van der Waals surface area contributed by atoms with Crippen molar-refractivity contribution >= 4 is 17.2 Å². The summed E-state index contributed by atoms with van der Waals surface area (Å²) in [6.07, 6.45) is 4.40. The van der Waals surface area contributed by atoms with E-state index in [0.717, 1.165) is 12.2 Å². The van der Waals surface area contributed by atoms with Gasteiger partial charge in [-0.15, -0.1) is 0 Å². The Morgan fingerprint density at radius 1 is 1.62 bits per heavy atom. The minimum atomic E-state index is 0.576. The average molecular weight is 197 g/mol. The van der Waals surface area contributed by atoms with Gasteiger partial charge in [0.1, 0.15) is 0 Å². The zero-order valence-electron chi connectivity index (χ0n) is 7.79. The number of rotatable bonds is 2. The van der Waals surface area contributed by atoms with E-state index in [1.54, 1.807) is 0 Å². The summed E-state index contributed by atoms with van der Waals surface area (Å²) in [5.41, 5.74) is 1.16. The third-order valence-electron chi connectivity index (χ3n) is 2.46. The monoisotopic (exact) mass is 197 g/mol. The van der Waals surface area contributed by atoms with Crippen molar-refractivity contribution in [3.8, 4) is 0 Å². The fourth-order valence-corrected chi connectivity index (χ4v) is 2.11. The van der Waals surface area contributed by atoms with E-state index in [1.165, 1.54) is 24.4 Å². The highest BCUT2D eigenvalue weighted by atomic mass is 32.1. The molecule has 2 heterocycles. The smallest absolute Gasteiger partial charge is 0.0655 e. The molecule has 2 N–H and O–H groups in total. The number of aromatic nitrogens is 1. The van der Waals surface area contributed by atoms with Crippen LogP contribution in [0.4, 0.5) is 5.69 Å². The maximum absolute atomic E-state index is 4.06. The highest BCUT2D eigenvalue weighted by Crippen LogP contribution is 2.15. The molecule has 1 saturated heterocycles. The number of hydrogen-bond donors (Lipinski definition) is 2. The molecule has 1 fully saturated rings. The van der Waals surface area contributed by atoms with Crippen LogP contribution < -0.4 is 10.6 Å². The first-order valence-electron chi connectivity index (χ1n) is 4.74. The molecule has 72 valence electrons. The molecule has 4 heteroatoms. The van der Waals surface area contributed by atoms with Gasteiger partial charge in [-0.2, -0.15) is 4.37 Å². The average Bonchev–Trinajstić information content (AvgIpc) is 2.62. The Balaban J connectivity index is 1.83. The van der Waals surface area contributed by atoms with Crippen molar-refractivity contribution < 1.29 is 0 Å². The summed E-state index contributed by atoms with van der Waals surface area (Å²) in [4.78, 5) is 0. The molecule has 1 aromatic rings. The minimum absolute atomic E-state index is 0.576. The Morgan fingerprint density at radius 3 is 3.15 bits per heavy atom. The molecule has 2 unspecified atom stereocenters. The lowest BCUT2D eigenvalue weighted by Gasteiger charge is -2.28. The molecule has 0 aromatic carbocycles. The lowest BCUT2D eigenvalue weighted by atomic mass is 10.0. The highest BCUT2D eigenvalue weighted by Gasteiger charge is 2.16. The lowest BCUT2D eigenvalue weighted by Crippen LogP contribution is -2.43. The largest absolute Gasteiger partial charge is 0.379 e. The molecular formula is C9H15N3S. The molecule has 3 nitrogen and oxygen atoms in total. The van der Waals surface area contributed by atoms with Crippen LogP contribution in [0.15, 0.2) is 11.6 Å². The molecule has 0 bridgehead atoms. The van der Waals surface area contributed by atoms with E-state index in [2.05, 4.69) is 27.3 Å². The first-order valence-corrected chi connectivity index (χ1v) is 5.57. The number of anilines is 1. The number of nitrogens with one attached hydrogen (secondary N) is 2. The van der Waals surface area contributed by atoms with Crippen LogP contribution in [0.5, 0.6) is 0 Å². The molecule has 0 spiro atoms. The fourth-order valence-electron chi connectivity index (χ4n) is 1.63. The van der Waals surface area contributed by atoms with Crippen molar-refractivity contribution in [1.82, 2.24) is 9.69 Å². The summed E-state index contributed by atoms with van der Waals surface area (Å²) in [6.45, 7) is 3.30. The third-order valence-corrected chi connectivity index (χ3v) is 3.05. The Morgan fingerprint density at radius 2 is 2.54 bits per heavy atom. The molecular weight excluding hydrogens is 182 g/mol. The zero-order valence-corrected chi connectivity index (χ0v) is 8.60. The normalized spacial score (nSPS) is 28.7. The molecule has 1 aromatic heterocycles. The van der Waals surface area contributed by atoms with Gasteiger partial charge in [0, 0.05) is 24.0 Å². The third kappa shape index (κ3) is 2.42.